The van der Waals surface area contributed by atoms with Crippen LogP contribution in [0.15, 0.2) is 4.79 Å². The summed E-state index contributed by atoms with van der Waals surface area (Å²) in [6.07, 6.45) is 0. The number of hydrogen-bond donors (Lipinski definition) is 1. The first-order valence-electron chi connectivity index (χ1n) is 5.76. The first-order chi connectivity index (χ1) is 8.49. The van der Waals surface area contributed by atoms with Crippen molar-refractivity contribution in [2.45, 2.75) is 27.7 Å². The number of nitrogens with zero attached hydrogens (tertiary/aromatic N) is 2. The van der Waals surface area contributed by atoms with Gasteiger partial charge in [-0.05, 0) is 38.8 Å². The van der Waals surface area contributed by atoms with Crippen LogP contribution < -0.4 is 5.43 Å². The molecule has 0 radical (unpaired) electrons. The summed E-state index contributed by atoms with van der Waals surface area (Å²) in [5, 5.41) is 0.722. The lowest BCUT2D eigenvalue weighted by molar-refractivity contribution is 1.17. The lowest BCUT2D eigenvalue weighted by Crippen LogP contribution is -2.06. The van der Waals surface area contributed by atoms with Gasteiger partial charge in [-0.2, -0.15) is 0 Å². The highest BCUT2D eigenvalue weighted by molar-refractivity contribution is 7.23. The van der Waals surface area contributed by atoms with Crippen LogP contribution in [-0.2, 0) is 0 Å². The minimum atomic E-state index is 0.00690. The van der Waals surface area contributed by atoms with Crippen molar-refractivity contribution in [1.29, 1.82) is 0 Å². The molecular formula is C13H13N3OS. The second kappa shape index (κ2) is 3.62. The molecule has 3 heterocycles. The Labute approximate surface area is 108 Å². The molecule has 0 fully saturated rings. The van der Waals surface area contributed by atoms with Gasteiger partial charge in [-0.25, -0.2) is 9.97 Å². The van der Waals surface area contributed by atoms with Crippen LogP contribution >= 0.6 is 11.3 Å². The lowest BCUT2D eigenvalue weighted by atomic mass is 10.1. The van der Waals surface area contributed by atoms with Crippen molar-refractivity contribution in [2.24, 2.45) is 0 Å². The molecule has 0 aliphatic heterocycles. The first kappa shape index (κ1) is 11.3. The summed E-state index contributed by atoms with van der Waals surface area (Å²) >= 11 is 1.47. The van der Waals surface area contributed by atoms with E-state index in [0.29, 0.717) is 5.52 Å². The van der Waals surface area contributed by atoms with Gasteiger partial charge in [0.05, 0.1) is 5.39 Å². The molecule has 3 rings (SSSR count). The average molecular weight is 259 g/mol. The number of pyridine rings is 1. The molecule has 5 heteroatoms. The van der Waals surface area contributed by atoms with Gasteiger partial charge in [0.15, 0.2) is 0 Å². The van der Waals surface area contributed by atoms with E-state index >= 15 is 0 Å². The van der Waals surface area contributed by atoms with Crippen molar-refractivity contribution >= 4 is 31.9 Å². The van der Waals surface area contributed by atoms with Gasteiger partial charge in [0.25, 0.3) is 0 Å². The molecule has 1 N–H and O–H groups in total. The maximum Gasteiger partial charge on any atom is 0.215 e. The molecule has 0 amide bonds. The van der Waals surface area contributed by atoms with Gasteiger partial charge in [-0.15, -0.1) is 0 Å². The zero-order chi connectivity index (χ0) is 13.0. The van der Waals surface area contributed by atoms with Crippen molar-refractivity contribution in [3.63, 3.8) is 0 Å². The van der Waals surface area contributed by atoms with Gasteiger partial charge in [-0.3, -0.25) is 4.79 Å². The summed E-state index contributed by atoms with van der Waals surface area (Å²) in [6.45, 7) is 7.81. The summed E-state index contributed by atoms with van der Waals surface area (Å²) in [6, 6.07) is 0. The van der Waals surface area contributed by atoms with E-state index < -0.39 is 0 Å². The number of aromatic amines is 1. The molecule has 0 aliphatic rings. The number of imidazole rings is 1. The SMILES string of the molecule is Cc1nc2sc3nc(C)c(C)c(C)c3c(=O)c2[nH]1. The van der Waals surface area contributed by atoms with Crippen molar-refractivity contribution in [1.82, 2.24) is 15.0 Å². The third-order valence-corrected chi connectivity index (χ3v) is 4.38. The minimum Gasteiger partial charge on any atom is -0.338 e. The topological polar surface area (TPSA) is 58.6 Å². The number of aryl methyl sites for hydroxylation is 3. The monoisotopic (exact) mass is 259 g/mol. The molecule has 4 nitrogen and oxygen atoms in total. The molecule has 0 saturated carbocycles. The molecule has 0 unspecified atom stereocenters. The Morgan fingerprint density at radius 3 is 2.44 bits per heavy atom. The Morgan fingerprint density at radius 1 is 1.00 bits per heavy atom. The molecular weight excluding hydrogens is 246 g/mol. The van der Waals surface area contributed by atoms with Gasteiger partial charge in [-0.1, -0.05) is 11.3 Å². The highest BCUT2D eigenvalue weighted by Gasteiger charge is 2.14. The Balaban J connectivity index is 2.64. The third kappa shape index (κ3) is 1.40. The quantitative estimate of drug-likeness (QED) is 0.675. The lowest BCUT2D eigenvalue weighted by Gasteiger charge is -2.07. The van der Waals surface area contributed by atoms with E-state index in [9.17, 15) is 4.79 Å². The van der Waals surface area contributed by atoms with Gasteiger partial charge >= 0.3 is 0 Å². The van der Waals surface area contributed by atoms with Crippen molar-refractivity contribution in [3.05, 3.63) is 32.9 Å². The fourth-order valence-corrected chi connectivity index (χ4v) is 3.31. The van der Waals surface area contributed by atoms with E-state index in [4.69, 9.17) is 0 Å². The van der Waals surface area contributed by atoms with Gasteiger partial charge in [0.1, 0.15) is 21.0 Å². The Bertz CT molecular complexity index is 845. The van der Waals surface area contributed by atoms with E-state index in [1.807, 2.05) is 27.7 Å². The third-order valence-electron chi connectivity index (χ3n) is 3.40. The molecule has 92 valence electrons. The zero-order valence-electron chi connectivity index (χ0n) is 10.7. The standard InChI is InChI=1S/C13H13N3OS/c1-5-6(2)9-11(17)10-13(16-8(4)15-10)18-12(9)14-7(5)3/h1-4H3,(H,15,16). The molecule has 3 aromatic rings. The molecule has 0 saturated heterocycles. The molecule has 3 aromatic heterocycles. The van der Waals surface area contributed by atoms with E-state index in [0.717, 1.165) is 37.7 Å². The molecule has 0 aliphatic carbocycles. The highest BCUT2D eigenvalue weighted by atomic mass is 32.1. The predicted octanol–water partition coefficient (Wildman–Crippen LogP) is 2.77. The fourth-order valence-electron chi connectivity index (χ4n) is 2.17. The summed E-state index contributed by atoms with van der Waals surface area (Å²) in [4.78, 5) is 25.9. The van der Waals surface area contributed by atoms with Crippen molar-refractivity contribution in [3.8, 4) is 0 Å². The molecule has 0 spiro atoms. The maximum absolute atomic E-state index is 12.5. The molecule has 0 bridgehead atoms. The van der Waals surface area contributed by atoms with E-state index in [1.54, 1.807) is 0 Å². The summed E-state index contributed by atoms with van der Waals surface area (Å²) in [7, 11) is 0. The van der Waals surface area contributed by atoms with E-state index in [1.165, 1.54) is 11.3 Å². The first-order valence-corrected chi connectivity index (χ1v) is 6.57. The number of fused-ring (bicyclic) bond motifs is 2. The number of H-pyrrole nitrogens is 1. The van der Waals surface area contributed by atoms with Crippen LogP contribution in [0.5, 0.6) is 0 Å². The number of nitrogens with one attached hydrogen (secondary N) is 1. The largest absolute Gasteiger partial charge is 0.338 e. The number of rotatable bonds is 0. The van der Waals surface area contributed by atoms with Gasteiger partial charge in [0, 0.05) is 5.69 Å². The second-order valence-electron chi connectivity index (χ2n) is 4.56. The number of hydrogen-bond acceptors (Lipinski definition) is 4. The van der Waals surface area contributed by atoms with Crippen LogP contribution in [0.2, 0.25) is 0 Å². The average Bonchev–Trinajstić information content (AvgIpc) is 2.67. The molecule has 18 heavy (non-hydrogen) atoms. The summed E-state index contributed by atoms with van der Waals surface area (Å²) in [5.74, 6) is 0.764. The number of aromatic nitrogens is 3. The minimum absolute atomic E-state index is 0.00690. The van der Waals surface area contributed by atoms with Crippen LogP contribution in [0.3, 0.4) is 0 Å². The van der Waals surface area contributed by atoms with Crippen LogP contribution in [-0.4, -0.2) is 15.0 Å². The van der Waals surface area contributed by atoms with Crippen molar-refractivity contribution in [2.75, 3.05) is 0 Å². The summed E-state index contributed by atoms with van der Waals surface area (Å²) < 4.78 is 0. The van der Waals surface area contributed by atoms with E-state index in [2.05, 4.69) is 15.0 Å². The van der Waals surface area contributed by atoms with Gasteiger partial charge < -0.3 is 4.98 Å². The maximum atomic E-state index is 12.5. The fraction of sp³-hybridized carbons (Fsp3) is 0.308. The van der Waals surface area contributed by atoms with Crippen LogP contribution in [0.25, 0.3) is 20.6 Å². The normalized spacial score (nSPS) is 11.6. The van der Waals surface area contributed by atoms with Crippen LogP contribution in [0, 0.1) is 27.7 Å². The highest BCUT2D eigenvalue weighted by Crippen LogP contribution is 2.26. The van der Waals surface area contributed by atoms with Crippen LogP contribution in [0.1, 0.15) is 22.6 Å². The second-order valence-corrected chi connectivity index (χ2v) is 5.54. The summed E-state index contributed by atoms with van der Waals surface area (Å²) in [5.41, 5.74) is 3.68. The van der Waals surface area contributed by atoms with E-state index in [-0.39, 0.29) is 5.43 Å². The van der Waals surface area contributed by atoms with Gasteiger partial charge in [0.2, 0.25) is 5.43 Å². The Hall–Kier alpha value is -1.75. The smallest absolute Gasteiger partial charge is 0.215 e. The van der Waals surface area contributed by atoms with Crippen LogP contribution in [0.4, 0.5) is 0 Å². The van der Waals surface area contributed by atoms with Crippen molar-refractivity contribution < 1.29 is 0 Å². The molecule has 0 atom stereocenters. The Morgan fingerprint density at radius 2 is 1.72 bits per heavy atom. The Kier molecular flexibility index (Phi) is 2.28. The zero-order valence-corrected chi connectivity index (χ0v) is 11.5. The predicted molar refractivity (Wildman–Crippen MR) is 74.5 cm³/mol. The molecule has 0 aromatic carbocycles.